The first kappa shape index (κ1) is 29.7. The van der Waals surface area contributed by atoms with E-state index in [0.29, 0.717) is 34.8 Å². The lowest BCUT2D eigenvalue weighted by Crippen LogP contribution is -2.62. The standard InChI is InChI=1S/C33H44Cl2N2O3/c1-22(2)19-37(32(38)15-24-10-11-29(34)30(35)14-24)26-17-31(40-4)28-21-36(20-23-8-9-23)13-12-33(28,18-26)25-6-5-7-27(16-25)39-3/h5-7,10-11,14,16,22-23,26,28,31H,8-9,12-13,15,17-21H2,1-4H3/t26-,28+,31?,33+/m1/s1. The summed E-state index contributed by atoms with van der Waals surface area (Å²) in [5, 5.41) is 0.990. The maximum absolute atomic E-state index is 14.0. The van der Waals surface area contributed by atoms with E-state index in [0.717, 1.165) is 49.6 Å². The van der Waals surface area contributed by atoms with Crippen LogP contribution in [-0.4, -0.2) is 68.3 Å². The van der Waals surface area contributed by atoms with Crippen molar-refractivity contribution in [3.05, 3.63) is 63.6 Å². The lowest BCUT2D eigenvalue weighted by Gasteiger charge is -2.57. The summed E-state index contributed by atoms with van der Waals surface area (Å²) in [4.78, 5) is 18.8. The van der Waals surface area contributed by atoms with Crippen LogP contribution in [0.5, 0.6) is 5.75 Å². The molecule has 218 valence electrons. The van der Waals surface area contributed by atoms with Crippen molar-refractivity contribution >= 4 is 29.1 Å². The normalized spacial score (nSPS) is 26.9. The van der Waals surface area contributed by atoms with Crippen LogP contribution in [0.4, 0.5) is 0 Å². The molecule has 3 aliphatic rings. The molecule has 0 aromatic heterocycles. The number of carbonyl (C=O) groups is 1. The Morgan fingerprint density at radius 3 is 2.60 bits per heavy atom. The molecule has 1 unspecified atom stereocenters. The molecule has 2 aromatic rings. The molecule has 7 heteroatoms. The number of amides is 1. The van der Waals surface area contributed by atoms with Crippen molar-refractivity contribution in [3.8, 4) is 5.75 Å². The Hall–Kier alpha value is -1.79. The summed E-state index contributed by atoms with van der Waals surface area (Å²) in [7, 11) is 3.59. The SMILES string of the molecule is COc1cccc([C@@]23CCN(CC4CC4)C[C@H]2C(OC)C[C@@H](N(CC(C)C)C(=O)Cc2ccc(Cl)c(Cl)c2)C3)c1. The number of fused-ring (bicyclic) bond motifs is 1. The van der Waals surface area contributed by atoms with Gasteiger partial charge in [0.1, 0.15) is 5.75 Å². The summed E-state index contributed by atoms with van der Waals surface area (Å²) in [5.74, 6) is 2.60. The fourth-order valence-electron chi connectivity index (χ4n) is 7.26. The van der Waals surface area contributed by atoms with Crippen LogP contribution in [0, 0.1) is 17.8 Å². The predicted molar refractivity (Wildman–Crippen MR) is 162 cm³/mol. The topological polar surface area (TPSA) is 42.0 Å². The van der Waals surface area contributed by atoms with Gasteiger partial charge in [0.25, 0.3) is 0 Å². The van der Waals surface area contributed by atoms with E-state index in [-0.39, 0.29) is 23.5 Å². The number of methoxy groups -OCH3 is 2. The van der Waals surface area contributed by atoms with Gasteiger partial charge in [-0.25, -0.2) is 0 Å². The van der Waals surface area contributed by atoms with Gasteiger partial charge in [-0.3, -0.25) is 4.79 Å². The Labute approximate surface area is 250 Å². The Bertz CT molecular complexity index is 1190. The monoisotopic (exact) mass is 586 g/mol. The molecule has 0 N–H and O–H groups in total. The van der Waals surface area contributed by atoms with Crippen LogP contribution < -0.4 is 4.74 Å². The minimum absolute atomic E-state index is 0.0689. The minimum atomic E-state index is -0.0860. The fraction of sp³-hybridized carbons (Fsp3) is 0.606. The van der Waals surface area contributed by atoms with Gasteiger partial charge in [-0.1, -0.05) is 55.2 Å². The zero-order chi connectivity index (χ0) is 28.4. The van der Waals surface area contributed by atoms with Crippen LogP contribution in [0.3, 0.4) is 0 Å². The number of halogens is 2. The maximum Gasteiger partial charge on any atom is 0.227 e. The molecule has 1 aliphatic heterocycles. The van der Waals surface area contributed by atoms with Gasteiger partial charge in [0.15, 0.2) is 0 Å². The maximum atomic E-state index is 14.0. The second kappa shape index (κ2) is 12.6. The zero-order valence-electron chi connectivity index (χ0n) is 24.4. The van der Waals surface area contributed by atoms with Gasteiger partial charge in [-0.05, 0) is 85.9 Å². The lowest BCUT2D eigenvalue weighted by atomic mass is 9.56. The van der Waals surface area contributed by atoms with E-state index in [1.54, 1.807) is 13.2 Å². The van der Waals surface area contributed by atoms with Crippen molar-refractivity contribution in [2.45, 2.75) is 69.9 Å². The van der Waals surface area contributed by atoms with Crippen LogP contribution in [0.1, 0.15) is 57.1 Å². The molecule has 5 rings (SSSR count). The average molecular weight is 588 g/mol. The number of ether oxygens (including phenoxy) is 2. The van der Waals surface area contributed by atoms with Crippen molar-refractivity contribution < 1.29 is 14.3 Å². The first-order chi connectivity index (χ1) is 19.2. The molecule has 5 nitrogen and oxygen atoms in total. The third-order valence-corrected chi connectivity index (χ3v) is 10.2. The molecule has 0 bridgehead atoms. The zero-order valence-corrected chi connectivity index (χ0v) is 25.9. The Kier molecular flexibility index (Phi) is 9.36. The van der Waals surface area contributed by atoms with Crippen LogP contribution in [0.25, 0.3) is 0 Å². The lowest BCUT2D eigenvalue weighted by molar-refractivity contribution is -0.140. The van der Waals surface area contributed by atoms with Crippen LogP contribution in [-0.2, 0) is 21.4 Å². The number of hydrogen-bond acceptors (Lipinski definition) is 4. The van der Waals surface area contributed by atoms with E-state index >= 15 is 0 Å². The minimum Gasteiger partial charge on any atom is -0.497 e. The number of hydrogen-bond donors (Lipinski definition) is 0. The van der Waals surface area contributed by atoms with E-state index < -0.39 is 0 Å². The summed E-state index contributed by atoms with van der Waals surface area (Å²) in [6, 6.07) is 14.2. The summed E-state index contributed by atoms with van der Waals surface area (Å²) in [6.45, 7) is 8.41. The molecule has 0 radical (unpaired) electrons. The van der Waals surface area contributed by atoms with Gasteiger partial charge in [-0.15, -0.1) is 0 Å². The van der Waals surface area contributed by atoms with E-state index in [9.17, 15) is 4.79 Å². The van der Waals surface area contributed by atoms with Crippen LogP contribution in [0.2, 0.25) is 10.0 Å². The molecule has 1 saturated heterocycles. The van der Waals surface area contributed by atoms with Gasteiger partial charge in [0.05, 0.1) is 29.7 Å². The number of rotatable bonds is 10. The molecule has 1 heterocycles. The smallest absolute Gasteiger partial charge is 0.227 e. The Morgan fingerprint density at radius 2 is 1.93 bits per heavy atom. The molecule has 1 amide bonds. The second-order valence-electron chi connectivity index (χ2n) is 12.7. The molecule has 2 saturated carbocycles. The van der Waals surface area contributed by atoms with E-state index in [4.69, 9.17) is 32.7 Å². The second-order valence-corrected chi connectivity index (χ2v) is 13.5. The molecule has 40 heavy (non-hydrogen) atoms. The molecule has 2 aliphatic carbocycles. The molecule has 2 aromatic carbocycles. The summed E-state index contributed by atoms with van der Waals surface area (Å²) in [6.07, 6.45) is 5.95. The summed E-state index contributed by atoms with van der Waals surface area (Å²) < 4.78 is 12.0. The molecule has 4 atom stereocenters. The van der Waals surface area contributed by atoms with E-state index in [1.165, 1.54) is 24.9 Å². The Balaban J connectivity index is 1.48. The van der Waals surface area contributed by atoms with Gasteiger partial charge >= 0.3 is 0 Å². The van der Waals surface area contributed by atoms with Gasteiger partial charge < -0.3 is 19.3 Å². The molecule has 0 spiro atoms. The highest BCUT2D eigenvalue weighted by atomic mass is 35.5. The van der Waals surface area contributed by atoms with E-state index in [2.05, 4.69) is 41.8 Å². The molecule has 3 fully saturated rings. The van der Waals surface area contributed by atoms with Crippen molar-refractivity contribution in [1.82, 2.24) is 9.80 Å². The highest BCUT2D eigenvalue weighted by Gasteiger charge is 2.54. The number of benzene rings is 2. The predicted octanol–water partition coefficient (Wildman–Crippen LogP) is 6.88. The van der Waals surface area contributed by atoms with Crippen LogP contribution in [0.15, 0.2) is 42.5 Å². The number of likely N-dealkylation sites (tertiary alicyclic amines) is 1. The first-order valence-electron chi connectivity index (χ1n) is 14.9. The van der Waals surface area contributed by atoms with Crippen molar-refractivity contribution in [2.75, 3.05) is 40.4 Å². The molecular formula is C33H44Cl2N2O3. The third-order valence-electron chi connectivity index (χ3n) is 9.41. The van der Waals surface area contributed by atoms with Gasteiger partial charge in [-0.2, -0.15) is 0 Å². The van der Waals surface area contributed by atoms with Crippen molar-refractivity contribution in [2.24, 2.45) is 17.8 Å². The summed E-state index contributed by atoms with van der Waals surface area (Å²) >= 11 is 12.4. The molecular weight excluding hydrogens is 543 g/mol. The third kappa shape index (κ3) is 6.48. The first-order valence-corrected chi connectivity index (χ1v) is 15.6. The number of carbonyl (C=O) groups excluding carboxylic acids is 1. The van der Waals surface area contributed by atoms with Gasteiger partial charge in [0.2, 0.25) is 5.91 Å². The van der Waals surface area contributed by atoms with E-state index in [1.807, 2.05) is 25.3 Å². The Morgan fingerprint density at radius 1 is 1.12 bits per heavy atom. The summed E-state index contributed by atoms with van der Waals surface area (Å²) in [5.41, 5.74) is 2.12. The van der Waals surface area contributed by atoms with Crippen molar-refractivity contribution in [3.63, 3.8) is 0 Å². The highest BCUT2D eigenvalue weighted by Crippen LogP contribution is 2.52. The van der Waals surface area contributed by atoms with Crippen molar-refractivity contribution in [1.29, 1.82) is 0 Å². The quantitative estimate of drug-likeness (QED) is 0.304. The largest absolute Gasteiger partial charge is 0.497 e. The highest BCUT2D eigenvalue weighted by molar-refractivity contribution is 6.42. The van der Waals surface area contributed by atoms with Gasteiger partial charge in [0, 0.05) is 44.1 Å². The number of nitrogens with zero attached hydrogens (tertiary/aromatic N) is 2. The average Bonchev–Trinajstić information content (AvgIpc) is 3.77. The van der Waals surface area contributed by atoms with Crippen LogP contribution >= 0.6 is 23.2 Å². The fourth-order valence-corrected chi connectivity index (χ4v) is 7.58. The number of piperidine rings is 1.